The second kappa shape index (κ2) is 5.89. The molecular formula is C15H31N3. The average molecular weight is 253 g/mol. The molecule has 0 spiro atoms. The van der Waals surface area contributed by atoms with Crippen molar-refractivity contribution in [2.75, 3.05) is 39.3 Å². The number of hydrogen-bond acceptors (Lipinski definition) is 3. The van der Waals surface area contributed by atoms with Crippen LogP contribution < -0.4 is 5.32 Å². The zero-order valence-electron chi connectivity index (χ0n) is 12.7. The van der Waals surface area contributed by atoms with Gasteiger partial charge in [0.05, 0.1) is 0 Å². The largest absolute Gasteiger partial charge is 0.315 e. The molecule has 0 bridgehead atoms. The van der Waals surface area contributed by atoms with Crippen LogP contribution >= 0.6 is 0 Å². The lowest BCUT2D eigenvalue weighted by atomic mass is 9.77. The maximum atomic E-state index is 3.58. The molecular weight excluding hydrogens is 222 g/mol. The molecule has 2 aliphatic rings. The van der Waals surface area contributed by atoms with E-state index < -0.39 is 0 Å². The zero-order chi connectivity index (χ0) is 13.2. The lowest BCUT2D eigenvalue weighted by Gasteiger charge is -2.49. The van der Waals surface area contributed by atoms with Crippen LogP contribution in [0.5, 0.6) is 0 Å². The van der Waals surface area contributed by atoms with E-state index in [1.165, 1.54) is 52.1 Å². The molecule has 2 saturated heterocycles. The predicted molar refractivity (Wildman–Crippen MR) is 78.0 cm³/mol. The summed E-state index contributed by atoms with van der Waals surface area (Å²) < 4.78 is 0. The molecule has 0 saturated carbocycles. The molecule has 3 heteroatoms. The van der Waals surface area contributed by atoms with Crippen molar-refractivity contribution in [1.29, 1.82) is 0 Å². The second-order valence-corrected chi connectivity index (χ2v) is 6.79. The second-order valence-electron chi connectivity index (χ2n) is 6.79. The number of piperidine rings is 1. The van der Waals surface area contributed by atoms with Crippen LogP contribution in [0.3, 0.4) is 0 Å². The highest BCUT2D eigenvalue weighted by molar-refractivity contribution is 4.93. The molecule has 3 nitrogen and oxygen atoms in total. The molecule has 2 fully saturated rings. The normalized spacial score (nSPS) is 32.3. The first kappa shape index (κ1) is 14.3. The molecule has 2 atom stereocenters. The van der Waals surface area contributed by atoms with E-state index in [1.54, 1.807) is 0 Å². The van der Waals surface area contributed by atoms with Crippen LogP contribution in [-0.4, -0.2) is 61.2 Å². The molecule has 2 rings (SSSR count). The van der Waals surface area contributed by atoms with Crippen LogP contribution in [0.25, 0.3) is 0 Å². The molecule has 0 aromatic carbocycles. The van der Waals surface area contributed by atoms with Crippen LogP contribution in [0, 0.1) is 5.41 Å². The molecule has 0 aromatic heterocycles. The Morgan fingerprint density at radius 1 is 1.22 bits per heavy atom. The summed E-state index contributed by atoms with van der Waals surface area (Å²) in [5.41, 5.74) is 0.476. The summed E-state index contributed by atoms with van der Waals surface area (Å²) in [5, 5.41) is 3.58. The van der Waals surface area contributed by atoms with Crippen molar-refractivity contribution in [3.8, 4) is 0 Å². The fourth-order valence-corrected chi connectivity index (χ4v) is 3.46. The summed E-state index contributed by atoms with van der Waals surface area (Å²) in [7, 11) is 0. The van der Waals surface area contributed by atoms with Gasteiger partial charge >= 0.3 is 0 Å². The summed E-state index contributed by atoms with van der Waals surface area (Å²) >= 11 is 0. The van der Waals surface area contributed by atoms with Crippen molar-refractivity contribution in [2.24, 2.45) is 5.41 Å². The minimum absolute atomic E-state index is 0.476. The number of nitrogens with zero attached hydrogens (tertiary/aromatic N) is 2. The monoisotopic (exact) mass is 253 g/mol. The molecule has 2 heterocycles. The third-order valence-electron chi connectivity index (χ3n) is 5.19. The van der Waals surface area contributed by atoms with Gasteiger partial charge in [-0.1, -0.05) is 20.8 Å². The predicted octanol–water partition coefficient (Wildman–Crippen LogP) is 1.79. The first-order valence-corrected chi connectivity index (χ1v) is 7.73. The van der Waals surface area contributed by atoms with Crippen molar-refractivity contribution >= 4 is 0 Å². The third kappa shape index (κ3) is 3.06. The number of piperazine rings is 1. The Morgan fingerprint density at radius 3 is 2.44 bits per heavy atom. The number of nitrogens with one attached hydrogen (secondary N) is 1. The third-order valence-corrected chi connectivity index (χ3v) is 5.19. The molecule has 1 N–H and O–H groups in total. The van der Waals surface area contributed by atoms with Crippen molar-refractivity contribution in [3.63, 3.8) is 0 Å². The Hall–Kier alpha value is -0.120. The van der Waals surface area contributed by atoms with Gasteiger partial charge < -0.3 is 5.32 Å². The minimum Gasteiger partial charge on any atom is -0.315 e. The molecule has 2 aliphatic heterocycles. The first-order chi connectivity index (χ1) is 8.54. The number of hydrogen-bond donors (Lipinski definition) is 1. The van der Waals surface area contributed by atoms with Gasteiger partial charge in [-0.3, -0.25) is 9.80 Å². The Balaban J connectivity index is 1.89. The highest BCUT2D eigenvalue weighted by Crippen LogP contribution is 2.31. The Bertz CT molecular complexity index is 256. The van der Waals surface area contributed by atoms with E-state index in [4.69, 9.17) is 0 Å². The van der Waals surface area contributed by atoms with Crippen LogP contribution in [0.15, 0.2) is 0 Å². The summed E-state index contributed by atoms with van der Waals surface area (Å²) in [4.78, 5) is 5.38. The fraction of sp³-hybridized carbons (Fsp3) is 1.00. The van der Waals surface area contributed by atoms with Gasteiger partial charge in [0.2, 0.25) is 0 Å². The molecule has 0 amide bonds. The van der Waals surface area contributed by atoms with E-state index in [1.807, 2.05) is 0 Å². The highest BCUT2D eigenvalue weighted by atomic mass is 15.3. The van der Waals surface area contributed by atoms with Crippen molar-refractivity contribution in [3.05, 3.63) is 0 Å². The minimum atomic E-state index is 0.476. The molecule has 2 unspecified atom stereocenters. The van der Waals surface area contributed by atoms with Gasteiger partial charge in [-0.05, 0) is 31.7 Å². The molecule has 106 valence electrons. The van der Waals surface area contributed by atoms with Gasteiger partial charge in [0, 0.05) is 44.8 Å². The highest BCUT2D eigenvalue weighted by Gasteiger charge is 2.37. The van der Waals surface area contributed by atoms with Crippen molar-refractivity contribution in [1.82, 2.24) is 15.1 Å². The zero-order valence-corrected chi connectivity index (χ0v) is 12.7. The van der Waals surface area contributed by atoms with Gasteiger partial charge in [-0.15, -0.1) is 0 Å². The van der Waals surface area contributed by atoms with Gasteiger partial charge in [0.15, 0.2) is 0 Å². The van der Waals surface area contributed by atoms with Crippen molar-refractivity contribution < 1.29 is 0 Å². The van der Waals surface area contributed by atoms with Gasteiger partial charge in [0.1, 0.15) is 0 Å². The van der Waals surface area contributed by atoms with E-state index >= 15 is 0 Å². The summed E-state index contributed by atoms with van der Waals surface area (Å²) in [6.07, 6.45) is 2.58. The fourth-order valence-electron chi connectivity index (χ4n) is 3.46. The van der Waals surface area contributed by atoms with Crippen LogP contribution in [0.4, 0.5) is 0 Å². The van der Waals surface area contributed by atoms with Crippen molar-refractivity contribution in [2.45, 2.75) is 52.6 Å². The van der Waals surface area contributed by atoms with Gasteiger partial charge in [-0.25, -0.2) is 0 Å². The van der Waals surface area contributed by atoms with E-state index in [9.17, 15) is 0 Å². The van der Waals surface area contributed by atoms with Crippen LogP contribution in [0.2, 0.25) is 0 Å². The Labute approximate surface area is 113 Å². The molecule has 0 radical (unpaired) electrons. The summed E-state index contributed by atoms with van der Waals surface area (Å²) in [5.74, 6) is 0. The van der Waals surface area contributed by atoms with E-state index in [0.717, 1.165) is 12.1 Å². The molecule has 0 aromatic rings. The van der Waals surface area contributed by atoms with Gasteiger partial charge in [0.25, 0.3) is 0 Å². The lowest BCUT2D eigenvalue weighted by molar-refractivity contribution is 0.0121. The van der Waals surface area contributed by atoms with Gasteiger partial charge in [-0.2, -0.15) is 0 Å². The van der Waals surface area contributed by atoms with Crippen LogP contribution in [0.1, 0.15) is 40.5 Å². The first-order valence-electron chi connectivity index (χ1n) is 7.73. The lowest BCUT2D eigenvalue weighted by Crippen LogP contribution is -2.60. The smallest absolute Gasteiger partial charge is 0.0273 e. The SMILES string of the molecule is CCC(C)N1CCN(C2CNCCC2(C)C)CC1. The van der Waals surface area contributed by atoms with E-state index in [2.05, 4.69) is 42.8 Å². The Kier molecular flexibility index (Phi) is 4.68. The number of rotatable bonds is 3. The van der Waals surface area contributed by atoms with E-state index in [0.29, 0.717) is 5.41 Å². The standard InChI is InChI=1S/C15H31N3/c1-5-13(2)17-8-10-18(11-9-17)14-12-16-7-6-15(14,3)4/h13-14,16H,5-12H2,1-4H3. The molecule has 18 heavy (non-hydrogen) atoms. The molecule has 0 aliphatic carbocycles. The van der Waals surface area contributed by atoms with Crippen LogP contribution in [-0.2, 0) is 0 Å². The van der Waals surface area contributed by atoms with E-state index in [-0.39, 0.29) is 0 Å². The maximum Gasteiger partial charge on any atom is 0.0273 e. The Morgan fingerprint density at radius 2 is 1.89 bits per heavy atom. The maximum absolute atomic E-state index is 3.58. The summed E-state index contributed by atoms with van der Waals surface area (Å²) in [6, 6.07) is 1.48. The summed E-state index contributed by atoms with van der Waals surface area (Å²) in [6.45, 7) is 16.9. The topological polar surface area (TPSA) is 18.5 Å². The average Bonchev–Trinajstić information content (AvgIpc) is 2.37. The quantitative estimate of drug-likeness (QED) is 0.827.